The van der Waals surface area contributed by atoms with E-state index in [9.17, 15) is 0 Å². The summed E-state index contributed by atoms with van der Waals surface area (Å²) in [6, 6.07) is 74.6. The standard InChI is InChI=1S/C54H34N2O/c1-3-13-35(14-4-1)39-29-40(38-23-26-46-45-19-9-12-22-53(45)57-54(46)34-38)31-42(30-39)56-50-21-11-8-18-44(50)48-33-37(25-28-52(48)56)36-24-27-51-47(32-36)43-17-7-10-20-49(43)55(51)41-15-5-2-6-16-41/h1-34H. The second-order valence-electron chi connectivity index (χ2n) is 14.9. The Balaban J connectivity index is 1.04. The molecule has 0 aliphatic heterocycles. The van der Waals surface area contributed by atoms with Crippen molar-refractivity contribution in [3.63, 3.8) is 0 Å². The maximum absolute atomic E-state index is 6.35. The molecule has 0 N–H and O–H groups in total. The van der Waals surface area contributed by atoms with E-state index in [0.29, 0.717) is 0 Å². The molecule has 0 aliphatic rings. The lowest BCUT2D eigenvalue weighted by atomic mass is 9.97. The lowest BCUT2D eigenvalue weighted by molar-refractivity contribution is 0.669. The fourth-order valence-electron chi connectivity index (χ4n) is 9.05. The number of hydrogen-bond donors (Lipinski definition) is 0. The predicted octanol–water partition coefficient (Wildman–Crippen LogP) is 14.8. The molecule has 0 unspecified atom stereocenters. The topological polar surface area (TPSA) is 23.0 Å². The molecule has 0 atom stereocenters. The maximum Gasteiger partial charge on any atom is 0.136 e. The number of rotatable bonds is 5. The van der Waals surface area contributed by atoms with E-state index in [2.05, 4.69) is 203 Å². The first-order valence-electron chi connectivity index (χ1n) is 19.5. The summed E-state index contributed by atoms with van der Waals surface area (Å²) in [6.07, 6.45) is 0. The molecular weight excluding hydrogens is 693 g/mol. The highest BCUT2D eigenvalue weighted by atomic mass is 16.3. The second-order valence-corrected chi connectivity index (χ2v) is 14.9. The maximum atomic E-state index is 6.35. The van der Waals surface area contributed by atoms with Gasteiger partial charge in [0, 0.05) is 43.7 Å². The third-order valence-electron chi connectivity index (χ3n) is 11.7. The van der Waals surface area contributed by atoms with Gasteiger partial charge in [0.15, 0.2) is 0 Å². The van der Waals surface area contributed by atoms with Crippen molar-refractivity contribution < 1.29 is 4.42 Å². The monoisotopic (exact) mass is 726 g/mol. The van der Waals surface area contributed by atoms with Gasteiger partial charge in [0.25, 0.3) is 0 Å². The summed E-state index contributed by atoms with van der Waals surface area (Å²) in [4.78, 5) is 0. The smallest absolute Gasteiger partial charge is 0.136 e. The lowest BCUT2D eigenvalue weighted by Crippen LogP contribution is -1.96. The molecule has 9 aromatic carbocycles. The van der Waals surface area contributed by atoms with Crippen LogP contribution in [0.3, 0.4) is 0 Å². The third kappa shape index (κ3) is 4.99. The molecule has 0 amide bonds. The Morgan fingerprint density at radius 1 is 0.246 bits per heavy atom. The molecule has 0 fully saturated rings. The van der Waals surface area contributed by atoms with Crippen LogP contribution >= 0.6 is 0 Å². The van der Waals surface area contributed by atoms with E-state index in [0.717, 1.165) is 38.8 Å². The van der Waals surface area contributed by atoms with Crippen molar-refractivity contribution in [3.05, 3.63) is 206 Å². The van der Waals surface area contributed by atoms with Crippen molar-refractivity contribution in [2.75, 3.05) is 0 Å². The second kappa shape index (κ2) is 12.5. The van der Waals surface area contributed by atoms with E-state index < -0.39 is 0 Å². The summed E-state index contributed by atoms with van der Waals surface area (Å²) in [5.41, 5.74) is 15.8. The van der Waals surface area contributed by atoms with Crippen LogP contribution in [-0.2, 0) is 0 Å². The van der Waals surface area contributed by atoms with Crippen LogP contribution in [0.25, 0.3) is 110 Å². The number of para-hydroxylation sites is 4. The Kier molecular flexibility index (Phi) is 6.93. The molecule has 12 rings (SSSR count). The minimum Gasteiger partial charge on any atom is -0.456 e. The molecule has 3 heterocycles. The van der Waals surface area contributed by atoms with Crippen LogP contribution in [0.1, 0.15) is 0 Å². The Hall–Kier alpha value is -7.62. The average Bonchev–Trinajstić information content (AvgIpc) is 3.94. The molecule has 3 nitrogen and oxygen atoms in total. The number of aromatic nitrogens is 2. The zero-order valence-corrected chi connectivity index (χ0v) is 30.9. The van der Waals surface area contributed by atoms with Crippen LogP contribution in [0, 0.1) is 0 Å². The Labute approximate surface area is 328 Å². The van der Waals surface area contributed by atoms with Crippen molar-refractivity contribution in [1.29, 1.82) is 0 Å². The molecular formula is C54H34N2O. The first kappa shape index (κ1) is 31.7. The lowest BCUT2D eigenvalue weighted by Gasteiger charge is -2.14. The number of benzene rings is 9. The van der Waals surface area contributed by atoms with Crippen molar-refractivity contribution in [2.45, 2.75) is 0 Å². The van der Waals surface area contributed by atoms with Gasteiger partial charge in [-0.1, -0.05) is 121 Å². The summed E-state index contributed by atoms with van der Waals surface area (Å²) in [5, 5.41) is 7.23. The number of nitrogens with zero attached hydrogens (tertiary/aromatic N) is 2. The van der Waals surface area contributed by atoms with Gasteiger partial charge in [-0.3, -0.25) is 0 Å². The van der Waals surface area contributed by atoms with Gasteiger partial charge in [-0.2, -0.15) is 0 Å². The molecule has 57 heavy (non-hydrogen) atoms. The van der Waals surface area contributed by atoms with E-state index in [1.54, 1.807) is 0 Å². The van der Waals surface area contributed by atoms with E-state index >= 15 is 0 Å². The van der Waals surface area contributed by atoms with E-state index in [4.69, 9.17) is 4.42 Å². The predicted molar refractivity (Wildman–Crippen MR) is 239 cm³/mol. The SMILES string of the molecule is c1ccc(-c2cc(-c3ccc4c(c3)oc3ccccc34)cc(-n3c4ccccc4c4cc(-c5ccc6c(c5)c5ccccc5n6-c5ccccc5)ccc43)c2)cc1. The normalized spacial score (nSPS) is 11.9. The molecule has 0 saturated heterocycles. The number of furan rings is 1. The first-order valence-corrected chi connectivity index (χ1v) is 19.5. The van der Waals surface area contributed by atoms with Crippen LogP contribution in [0.4, 0.5) is 0 Å². The summed E-state index contributed by atoms with van der Waals surface area (Å²) in [7, 11) is 0. The molecule has 0 aliphatic carbocycles. The van der Waals surface area contributed by atoms with Gasteiger partial charge < -0.3 is 13.6 Å². The summed E-state index contributed by atoms with van der Waals surface area (Å²) >= 11 is 0. The fourth-order valence-corrected chi connectivity index (χ4v) is 9.05. The molecule has 3 aromatic heterocycles. The Morgan fingerprint density at radius 2 is 0.719 bits per heavy atom. The Morgan fingerprint density at radius 3 is 1.39 bits per heavy atom. The van der Waals surface area contributed by atoms with Crippen molar-refractivity contribution >= 4 is 65.6 Å². The summed E-state index contributed by atoms with van der Waals surface area (Å²) < 4.78 is 11.2. The molecule has 0 spiro atoms. The molecule has 0 bridgehead atoms. The van der Waals surface area contributed by atoms with E-state index in [1.807, 2.05) is 12.1 Å². The van der Waals surface area contributed by atoms with Crippen LogP contribution in [0.15, 0.2) is 211 Å². The van der Waals surface area contributed by atoms with Gasteiger partial charge in [-0.05, 0) is 118 Å². The molecule has 266 valence electrons. The van der Waals surface area contributed by atoms with Crippen LogP contribution in [0.5, 0.6) is 0 Å². The summed E-state index contributed by atoms with van der Waals surface area (Å²) in [5.74, 6) is 0. The number of fused-ring (bicyclic) bond motifs is 9. The molecule has 0 saturated carbocycles. The minimum atomic E-state index is 0.896. The molecule has 0 radical (unpaired) electrons. The van der Waals surface area contributed by atoms with Crippen LogP contribution in [-0.4, -0.2) is 9.13 Å². The highest BCUT2D eigenvalue weighted by molar-refractivity contribution is 6.13. The Bertz CT molecular complexity index is 3510. The van der Waals surface area contributed by atoms with Gasteiger partial charge in [-0.25, -0.2) is 0 Å². The van der Waals surface area contributed by atoms with Crippen molar-refractivity contribution in [1.82, 2.24) is 9.13 Å². The van der Waals surface area contributed by atoms with Crippen LogP contribution in [0.2, 0.25) is 0 Å². The largest absolute Gasteiger partial charge is 0.456 e. The first-order chi connectivity index (χ1) is 28.2. The zero-order valence-electron chi connectivity index (χ0n) is 30.9. The van der Waals surface area contributed by atoms with Crippen molar-refractivity contribution in [3.8, 4) is 44.8 Å². The molecule has 3 heteroatoms. The van der Waals surface area contributed by atoms with Gasteiger partial charge in [-0.15, -0.1) is 0 Å². The third-order valence-corrected chi connectivity index (χ3v) is 11.7. The van der Waals surface area contributed by atoms with Crippen LogP contribution < -0.4 is 0 Å². The summed E-state index contributed by atoms with van der Waals surface area (Å²) in [6.45, 7) is 0. The highest BCUT2D eigenvalue weighted by Gasteiger charge is 2.18. The van der Waals surface area contributed by atoms with Gasteiger partial charge in [0.2, 0.25) is 0 Å². The van der Waals surface area contributed by atoms with Gasteiger partial charge in [0.05, 0.1) is 22.1 Å². The average molecular weight is 727 g/mol. The quantitative estimate of drug-likeness (QED) is 0.173. The van der Waals surface area contributed by atoms with E-state index in [-0.39, 0.29) is 0 Å². The zero-order chi connectivity index (χ0) is 37.5. The van der Waals surface area contributed by atoms with Gasteiger partial charge >= 0.3 is 0 Å². The highest BCUT2D eigenvalue weighted by Crippen LogP contribution is 2.40. The number of hydrogen-bond acceptors (Lipinski definition) is 1. The minimum absolute atomic E-state index is 0.896. The van der Waals surface area contributed by atoms with E-state index in [1.165, 1.54) is 71.6 Å². The fraction of sp³-hybridized carbons (Fsp3) is 0. The van der Waals surface area contributed by atoms with Crippen molar-refractivity contribution in [2.24, 2.45) is 0 Å². The van der Waals surface area contributed by atoms with Gasteiger partial charge in [0.1, 0.15) is 11.2 Å². The molecule has 12 aromatic rings.